The lowest BCUT2D eigenvalue weighted by Crippen LogP contribution is -2.74. The molecule has 244 valence electrons. The van der Waals surface area contributed by atoms with E-state index in [2.05, 4.69) is 188 Å². The molecule has 0 saturated carbocycles. The maximum absolute atomic E-state index is 6.62. The molecular formula is C48H33BO2Si. The van der Waals surface area contributed by atoms with Gasteiger partial charge in [0.15, 0.2) is 8.07 Å². The molecule has 0 amide bonds. The zero-order valence-electron chi connectivity index (χ0n) is 28.4. The number of fused-ring (bicyclic) bond motifs is 4. The molecular weight excluding hydrogens is 647 g/mol. The second-order valence-electron chi connectivity index (χ2n) is 13.6. The van der Waals surface area contributed by atoms with E-state index in [0.29, 0.717) is 0 Å². The maximum atomic E-state index is 6.62. The molecule has 10 rings (SSSR count). The molecule has 8 aromatic carbocycles. The summed E-state index contributed by atoms with van der Waals surface area (Å²) in [7, 11) is -2.66. The van der Waals surface area contributed by atoms with E-state index in [1.54, 1.807) is 0 Å². The average molecular weight is 681 g/mol. The topological polar surface area (TPSA) is 18.5 Å². The number of rotatable bonds is 6. The molecule has 4 heteroatoms. The van der Waals surface area contributed by atoms with Crippen LogP contribution in [0.4, 0.5) is 0 Å². The lowest BCUT2D eigenvalue weighted by atomic mass is 9.35. The Morgan fingerprint density at radius 3 is 1.23 bits per heavy atom. The predicted octanol–water partition coefficient (Wildman–Crippen LogP) is 7.13. The fraction of sp³-hybridized carbons (Fsp3) is 0. The van der Waals surface area contributed by atoms with E-state index in [4.69, 9.17) is 9.47 Å². The Morgan fingerprint density at radius 1 is 0.308 bits per heavy atom. The third kappa shape index (κ3) is 4.87. The predicted molar refractivity (Wildman–Crippen MR) is 219 cm³/mol. The highest BCUT2D eigenvalue weighted by atomic mass is 28.3. The fourth-order valence-electron chi connectivity index (χ4n) is 8.44. The molecule has 0 aliphatic carbocycles. The van der Waals surface area contributed by atoms with Gasteiger partial charge in [0.1, 0.15) is 23.0 Å². The van der Waals surface area contributed by atoms with Crippen LogP contribution in [0.1, 0.15) is 0 Å². The molecule has 2 nitrogen and oxygen atoms in total. The van der Waals surface area contributed by atoms with Crippen LogP contribution in [-0.2, 0) is 0 Å². The molecule has 0 bridgehead atoms. The van der Waals surface area contributed by atoms with Gasteiger partial charge in [-0.25, -0.2) is 0 Å². The van der Waals surface area contributed by atoms with Crippen LogP contribution < -0.4 is 46.6 Å². The van der Waals surface area contributed by atoms with E-state index in [-0.39, 0.29) is 6.71 Å². The van der Waals surface area contributed by atoms with Gasteiger partial charge in [0, 0.05) is 5.46 Å². The van der Waals surface area contributed by atoms with Crippen molar-refractivity contribution in [3.05, 3.63) is 200 Å². The minimum atomic E-state index is -2.66. The zero-order chi connectivity index (χ0) is 34.5. The lowest BCUT2D eigenvalue weighted by Gasteiger charge is -2.34. The van der Waals surface area contributed by atoms with Gasteiger partial charge in [-0.05, 0) is 84.3 Å². The van der Waals surface area contributed by atoms with Crippen molar-refractivity contribution in [1.29, 1.82) is 0 Å². The first-order chi connectivity index (χ1) is 25.8. The molecule has 2 aliphatic heterocycles. The van der Waals surface area contributed by atoms with Gasteiger partial charge in [0.2, 0.25) is 0 Å². The molecule has 0 unspecified atom stereocenters. The van der Waals surface area contributed by atoms with Crippen LogP contribution in [0.15, 0.2) is 200 Å². The molecule has 0 saturated heterocycles. The first-order valence-corrected chi connectivity index (χ1v) is 19.9. The number of benzene rings is 8. The summed E-state index contributed by atoms with van der Waals surface area (Å²) in [6.45, 7) is 0.0614. The van der Waals surface area contributed by atoms with Crippen molar-refractivity contribution >= 4 is 51.9 Å². The van der Waals surface area contributed by atoms with Gasteiger partial charge in [-0.3, -0.25) is 0 Å². The van der Waals surface area contributed by atoms with Crippen molar-refractivity contribution in [2.75, 3.05) is 0 Å². The van der Waals surface area contributed by atoms with E-state index >= 15 is 0 Å². The highest BCUT2D eigenvalue weighted by molar-refractivity contribution is 7.19. The summed E-state index contributed by atoms with van der Waals surface area (Å²) in [5.74, 6) is 3.49. The lowest BCUT2D eigenvalue weighted by molar-refractivity contribution is 0.465. The molecule has 0 atom stereocenters. The Morgan fingerprint density at radius 2 is 0.712 bits per heavy atom. The van der Waals surface area contributed by atoms with Crippen molar-refractivity contribution in [2.24, 2.45) is 0 Å². The Kier molecular flexibility index (Phi) is 7.29. The minimum absolute atomic E-state index is 0.0614. The number of ether oxygens (including phenoxy) is 2. The van der Waals surface area contributed by atoms with Crippen LogP contribution in [-0.4, -0.2) is 14.8 Å². The summed E-state index contributed by atoms with van der Waals surface area (Å²) >= 11 is 0. The summed E-state index contributed by atoms with van der Waals surface area (Å²) in [6, 6.07) is 72.5. The summed E-state index contributed by atoms with van der Waals surface area (Å²) in [5.41, 5.74) is 7.96. The second kappa shape index (κ2) is 12.4. The smallest absolute Gasteiger partial charge is 0.260 e. The minimum Gasteiger partial charge on any atom is -0.458 e. The summed E-state index contributed by atoms with van der Waals surface area (Å²) in [5, 5.41) is 5.44. The van der Waals surface area contributed by atoms with Gasteiger partial charge in [-0.2, -0.15) is 0 Å². The van der Waals surface area contributed by atoms with Gasteiger partial charge >= 0.3 is 0 Å². The SMILES string of the molecule is c1ccc([Si](c2ccccc2)(c2ccccc2)c2cccc(-c3cccc(-c4cc5c6c(c4)Oc4ccccc4B6c4ccccc4O5)c3)c2)cc1. The normalized spacial score (nSPS) is 12.5. The van der Waals surface area contributed by atoms with Crippen molar-refractivity contribution in [2.45, 2.75) is 0 Å². The fourth-order valence-corrected chi connectivity index (χ4v) is 13.2. The molecule has 2 heterocycles. The van der Waals surface area contributed by atoms with E-state index in [1.807, 2.05) is 12.1 Å². The molecule has 0 radical (unpaired) electrons. The van der Waals surface area contributed by atoms with Crippen molar-refractivity contribution in [3.63, 3.8) is 0 Å². The van der Waals surface area contributed by atoms with Crippen molar-refractivity contribution in [3.8, 4) is 45.3 Å². The van der Waals surface area contributed by atoms with Crippen LogP contribution >= 0.6 is 0 Å². The molecule has 0 N–H and O–H groups in total. The molecule has 2 aliphatic rings. The Balaban J connectivity index is 1.11. The summed E-state index contributed by atoms with van der Waals surface area (Å²) in [6.07, 6.45) is 0. The Labute approximate surface area is 305 Å². The van der Waals surface area contributed by atoms with Gasteiger partial charge in [-0.15, -0.1) is 0 Å². The van der Waals surface area contributed by atoms with Gasteiger partial charge < -0.3 is 9.47 Å². The third-order valence-electron chi connectivity index (χ3n) is 10.7. The van der Waals surface area contributed by atoms with Crippen LogP contribution in [0.25, 0.3) is 22.3 Å². The number of hydrogen-bond acceptors (Lipinski definition) is 2. The van der Waals surface area contributed by atoms with Crippen molar-refractivity contribution < 1.29 is 9.47 Å². The summed E-state index contributed by atoms with van der Waals surface area (Å²) < 4.78 is 13.2. The van der Waals surface area contributed by atoms with Crippen LogP contribution in [0.3, 0.4) is 0 Å². The zero-order valence-corrected chi connectivity index (χ0v) is 29.4. The van der Waals surface area contributed by atoms with E-state index in [9.17, 15) is 0 Å². The Hall–Kier alpha value is -6.36. The summed E-state index contributed by atoms with van der Waals surface area (Å²) in [4.78, 5) is 0. The maximum Gasteiger partial charge on any atom is 0.260 e. The highest BCUT2D eigenvalue weighted by Crippen LogP contribution is 2.38. The van der Waals surface area contributed by atoms with Gasteiger partial charge in [-0.1, -0.05) is 170 Å². The molecule has 0 aromatic heterocycles. The monoisotopic (exact) mass is 680 g/mol. The van der Waals surface area contributed by atoms with E-state index < -0.39 is 8.07 Å². The number of hydrogen-bond donors (Lipinski definition) is 0. The first kappa shape index (κ1) is 30.5. The average Bonchev–Trinajstić information content (AvgIpc) is 3.22. The van der Waals surface area contributed by atoms with Gasteiger partial charge in [0.25, 0.3) is 6.71 Å². The first-order valence-electron chi connectivity index (χ1n) is 17.9. The van der Waals surface area contributed by atoms with E-state index in [1.165, 1.54) is 42.8 Å². The second-order valence-corrected chi connectivity index (χ2v) is 17.4. The highest BCUT2D eigenvalue weighted by Gasteiger charge is 2.42. The van der Waals surface area contributed by atoms with Crippen LogP contribution in [0.2, 0.25) is 0 Å². The van der Waals surface area contributed by atoms with Crippen molar-refractivity contribution in [1.82, 2.24) is 0 Å². The van der Waals surface area contributed by atoms with Gasteiger partial charge in [0.05, 0.1) is 0 Å². The van der Waals surface area contributed by atoms with Crippen LogP contribution in [0, 0.1) is 0 Å². The quantitative estimate of drug-likeness (QED) is 0.138. The third-order valence-corrected chi connectivity index (χ3v) is 15.5. The molecule has 8 aromatic rings. The van der Waals surface area contributed by atoms with E-state index in [0.717, 1.165) is 39.6 Å². The molecule has 0 spiro atoms. The van der Waals surface area contributed by atoms with Crippen LogP contribution in [0.5, 0.6) is 23.0 Å². The standard InChI is InChI=1S/C48H33BO2Si/c1-4-19-38(20-5-1)52(39-21-6-2-7-22-39,40-23-8-3-9-24-40)41-25-15-18-36(31-41)34-16-14-17-35(30-34)37-32-46-48-47(33-37)51-45-29-13-11-27-43(45)49(48)42-26-10-12-28-44(42)50-46/h1-33H. The largest absolute Gasteiger partial charge is 0.458 e. The molecule has 52 heavy (non-hydrogen) atoms. The Bertz CT molecular complexity index is 2420. The molecule has 0 fully saturated rings. The number of para-hydroxylation sites is 2.